The van der Waals surface area contributed by atoms with Crippen molar-refractivity contribution in [3.8, 4) is 0 Å². The van der Waals surface area contributed by atoms with E-state index in [1.54, 1.807) is 23.5 Å². The Balaban J connectivity index is 1.75. The minimum absolute atomic E-state index is 0.000350. The third-order valence-corrected chi connectivity index (χ3v) is 7.37. The maximum atomic E-state index is 11.2. The summed E-state index contributed by atoms with van der Waals surface area (Å²) < 4.78 is 6.48. The lowest BCUT2D eigenvalue weighted by Crippen LogP contribution is -2.30. The van der Waals surface area contributed by atoms with Gasteiger partial charge in [-0.3, -0.25) is 9.69 Å². The first-order valence-corrected chi connectivity index (χ1v) is 13.4. The van der Waals surface area contributed by atoms with Crippen LogP contribution in [-0.2, 0) is 28.1 Å². The fourth-order valence-electron chi connectivity index (χ4n) is 3.94. The number of hydrogen-bond acceptors (Lipinski definition) is 6. The van der Waals surface area contributed by atoms with Crippen LogP contribution in [0.3, 0.4) is 0 Å². The van der Waals surface area contributed by atoms with Gasteiger partial charge >= 0.3 is 5.97 Å². The van der Waals surface area contributed by atoms with Crippen LogP contribution >= 0.6 is 11.3 Å². The molecule has 0 aliphatic rings. The van der Waals surface area contributed by atoms with Crippen molar-refractivity contribution < 1.29 is 19.4 Å². The number of carbonyl (C=O) groups is 2. The molecule has 8 heteroatoms. The molecule has 3 N–H and O–H groups in total. The Labute approximate surface area is 223 Å². The van der Waals surface area contributed by atoms with Crippen molar-refractivity contribution in [3.63, 3.8) is 0 Å². The molecular weight excluding hydrogens is 486 g/mol. The van der Waals surface area contributed by atoms with E-state index in [9.17, 15) is 14.7 Å². The summed E-state index contributed by atoms with van der Waals surface area (Å²) in [5.74, 6) is -1.23. The molecule has 0 radical (unpaired) electrons. The Hall–Kier alpha value is -3.07. The number of carbonyl (C=O) groups excluding carboxylic acids is 1. The highest BCUT2D eigenvalue weighted by Crippen LogP contribution is 2.29. The van der Waals surface area contributed by atoms with Gasteiger partial charge in [-0.05, 0) is 42.6 Å². The first kappa shape index (κ1) is 28.5. The summed E-state index contributed by atoms with van der Waals surface area (Å²) in [5.41, 5.74) is 7.70. The van der Waals surface area contributed by atoms with E-state index in [1.165, 1.54) is 0 Å². The lowest BCUT2D eigenvalue weighted by atomic mass is 9.98. The zero-order chi connectivity index (χ0) is 26.8. The SMILES string of the molecule is CC(C)(C)c1ncc(CO[C@@H](CN(CCCCC(N)=O)Cc2ccc(C(=O)O)cc2)c2ccccc2)s1. The summed E-state index contributed by atoms with van der Waals surface area (Å²) in [5, 5.41) is 10.3. The summed E-state index contributed by atoms with van der Waals surface area (Å²) in [6.07, 6.45) is 3.63. The van der Waals surface area contributed by atoms with Gasteiger partial charge in [0.25, 0.3) is 0 Å². The summed E-state index contributed by atoms with van der Waals surface area (Å²) in [4.78, 5) is 30.4. The smallest absolute Gasteiger partial charge is 0.335 e. The number of carboxylic acids is 1. The average molecular weight is 524 g/mol. The molecule has 0 aliphatic carbocycles. The molecule has 1 atom stereocenters. The van der Waals surface area contributed by atoms with Crippen molar-refractivity contribution in [2.24, 2.45) is 5.73 Å². The van der Waals surface area contributed by atoms with Crippen molar-refractivity contribution in [1.29, 1.82) is 0 Å². The number of aromatic nitrogens is 1. The minimum atomic E-state index is -0.940. The molecule has 3 rings (SSSR count). The predicted molar refractivity (Wildman–Crippen MR) is 147 cm³/mol. The number of thiazole rings is 1. The Morgan fingerprint density at radius 1 is 1.08 bits per heavy atom. The number of rotatable bonds is 14. The number of hydrogen-bond donors (Lipinski definition) is 2. The molecule has 37 heavy (non-hydrogen) atoms. The van der Waals surface area contributed by atoms with Crippen LogP contribution in [0.5, 0.6) is 0 Å². The minimum Gasteiger partial charge on any atom is -0.478 e. The van der Waals surface area contributed by atoms with E-state index in [0.29, 0.717) is 26.1 Å². The molecule has 0 fully saturated rings. The van der Waals surface area contributed by atoms with Gasteiger partial charge in [-0.2, -0.15) is 0 Å². The van der Waals surface area contributed by atoms with Crippen LogP contribution in [0.25, 0.3) is 0 Å². The van der Waals surface area contributed by atoms with E-state index in [2.05, 4.69) is 42.8 Å². The van der Waals surface area contributed by atoms with Crippen molar-refractivity contribution >= 4 is 23.2 Å². The Bertz CT molecular complexity index is 1140. The van der Waals surface area contributed by atoms with Crippen LogP contribution < -0.4 is 5.73 Å². The number of ether oxygens (including phenoxy) is 1. The number of aromatic carboxylic acids is 1. The van der Waals surface area contributed by atoms with Crippen molar-refractivity contribution in [3.05, 3.63) is 87.4 Å². The Morgan fingerprint density at radius 3 is 2.38 bits per heavy atom. The second-order valence-electron chi connectivity index (χ2n) is 10.3. The maximum Gasteiger partial charge on any atom is 0.335 e. The molecule has 198 valence electrons. The first-order chi connectivity index (χ1) is 17.6. The highest BCUT2D eigenvalue weighted by Gasteiger charge is 2.21. The Kier molecular flexibility index (Phi) is 10.4. The van der Waals surface area contributed by atoms with Crippen LogP contribution in [0.15, 0.2) is 60.8 Å². The van der Waals surface area contributed by atoms with Gasteiger partial charge in [0.2, 0.25) is 5.91 Å². The molecule has 0 unspecified atom stereocenters. The molecule has 7 nitrogen and oxygen atoms in total. The highest BCUT2D eigenvalue weighted by atomic mass is 32.1. The number of nitrogens with zero attached hydrogens (tertiary/aromatic N) is 2. The molecular formula is C29H37N3O4S. The highest BCUT2D eigenvalue weighted by molar-refractivity contribution is 7.11. The third-order valence-electron chi connectivity index (χ3n) is 5.97. The zero-order valence-electron chi connectivity index (χ0n) is 21.9. The van der Waals surface area contributed by atoms with Gasteiger partial charge in [0.15, 0.2) is 0 Å². The zero-order valence-corrected chi connectivity index (χ0v) is 22.7. The molecule has 1 amide bonds. The fraction of sp³-hybridized carbons (Fsp3) is 0.414. The first-order valence-electron chi connectivity index (χ1n) is 12.6. The number of benzene rings is 2. The van der Waals surface area contributed by atoms with Gasteiger partial charge in [-0.15, -0.1) is 11.3 Å². The van der Waals surface area contributed by atoms with Crippen LogP contribution in [0.2, 0.25) is 0 Å². The molecule has 0 saturated heterocycles. The normalized spacial score (nSPS) is 12.5. The van der Waals surface area contributed by atoms with E-state index in [1.807, 2.05) is 36.5 Å². The molecule has 3 aromatic rings. The lowest BCUT2D eigenvalue weighted by Gasteiger charge is -2.28. The summed E-state index contributed by atoms with van der Waals surface area (Å²) in [6.45, 7) is 8.97. The second-order valence-corrected chi connectivity index (χ2v) is 11.4. The van der Waals surface area contributed by atoms with E-state index in [0.717, 1.165) is 40.4 Å². The van der Waals surface area contributed by atoms with Gasteiger partial charge in [-0.25, -0.2) is 9.78 Å². The molecule has 0 saturated carbocycles. The third kappa shape index (κ3) is 9.39. The van der Waals surface area contributed by atoms with Crippen LogP contribution in [0, 0.1) is 0 Å². The number of nitrogens with two attached hydrogens (primary N) is 1. The molecule has 0 aliphatic heterocycles. The summed E-state index contributed by atoms with van der Waals surface area (Å²) >= 11 is 1.68. The number of unbranched alkanes of at least 4 members (excludes halogenated alkanes) is 1. The molecule has 0 spiro atoms. The standard InChI is InChI=1S/C29H37N3O4S/c1-29(2,3)28-31-17-24(37-28)20-36-25(22-9-5-4-6-10-22)19-32(16-8-7-11-26(30)33)18-21-12-14-23(15-13-21)27(34)35/h4-6,9-10,12-15,17,25H,7-8,11,16,18-20H2,1-3H3,(H2,30,33)(H,34,35)/t25-/m0/s1. The monoisotopic (exact) mass is 523 g/mol. The van der Waals surface area contributed by atoms with Gasteiger partial charge in [0.05, 0.1) is 28.2 Å². The summed E-state index contributed by atoms with van der Waals surface area (Å²) in [6, 6.07) is 17.1. The largest absolute Gasteiger partial charge is 0.478 e. The van der Waals surface area contributed by atoms with E-state index < -0.39 is 5.97 Å². The van der Waals surface area contributed by atoms with Gasteiger partial charge in [-0.1, -0.05) is 63.2 Å². The molecule has 1 heterocycles. The van der Waals surface area contributed by atoms with Crippen LogP contribution in [0.4, 0.5) is 0 Å². The van der Waals surface area contributed by atoms with E-state index in [4.69, 9.17) is 10.5 Å². The van der Waals surface area contributed by atoms with Crippen LogP contribution in [-0.4, -0.2) is 40.0 Å². The predicted octanol–water partition coefficient (Wildman–Crippen LogP) is 5.55. The molecule has 0 bridgehead atoms. The molecule has 1 aromatic heterocycles. The van der Waals surface area contributed by atoms with E-state index >= 15 is 0 Å². The van der Waals surface area contributed by atoms with Crippen molar-refractivity contribution in [2.45, 2.75) is 64.7 Å². The van der Waals surface area contributed by atoms with E-state index in [-0.39, 0.29) is 23.0 Å². The van der Waals surface area contributed by atoms with Crippen molar-refractivity contribution in [1.82, 2.24) is 9.88 Å². The quantitative estimate of drug-likeness (QED) is 0.268. The van der Waals surface area contributed by atoms with Crippen LogP contribution in [0.1, 0.15) is 77.5 Å². The lowest BCUT2D eigenvalue weighted by molar-refractivity contribution is -0.118. The second kappa shape index (κ2) is 13.5. The van der Waals surface area contributed by atoms with Gasteiger partial charge in [0.1, 0.15) is 0 Å². The topological polar surface area (TPSA) is 106 Å². The number of carboxylic acid groups (broad SMARTS) is 1. The van der Waals surface area contributed by atoms with Gasteiger partial charge < -0.3 is 15.6 Å². The Morgan fingerprint density at radius 2 is 1.78 bits per heavy atom. The molecule has 2 aromatic carbocycles. The number of amides is 1. The fourth-order valence-corrected chi connectivity index (χ4v) is 4.83. The average Bonchev–Trinajstić information content (AvgIpc) is 3.35. The van der Waals surface area contributed by atoms with Gasteiger partial charge in [0, 0.05) is 31.1 Å². The van der Waals surface area contributed by atoms with Crippen molar-refractivity contribution in [2.75, 3.05) is 13.1 Å². The number of primary amides is 1. The maximum absolute atomic E-state index is 11.2. The summed E-state index contributed by atoms with van der Waals surface area (Å²) in [7, 11) is 0.